The van der Waals surface area contributed by atoms with Crippen molar-refractivity contribution in [1.29, 1.82) is 0 Å². The highest BCUT2D eigenvalue weighted by Gasteiger charge is 2.58. The molecule has 156 valence electrons. The van der Waals surface area contributed by atoms with Crippen LogP contribution < -0.4 is 4.57 Å². The summed E-state index contributed by atoms with van der Waals surface area (Å²) in [6, 6.07) is 4.25. The number of nitro groups is 1. The van der Waals surface area contributed by atoms with E-state index in [1.54, 1.807) is 12.3 Å². The molecule has 0 saturated heterocycles. The minimum atomic E-state index is -2.05. The number of non-ortho nitro benzene ring substituents is 1. The van der Waals surface area contributed by atoms with Crippen LogP contribution in [0.1, 0.15) is 38.3 Å². The number of aromatic nitrogens is 2. The predicted molar refractivity (Wildman–Crippen MR) is 106 cm³/mol. The third-order valence-corrected chi connectivity index (χ3v) is 6.91. The van der Waals surface area contributed by atoms with E-state index in [2.05, 4.69) is 0 Å². The number of nitrogens with zero attached hydrogens (tertiary/aromatic N) is 3. The van der Waals surface area contributed by atoms with E-state index in [1.807, 2.05) is 11.5 Å². The third-order valence-electron chi connectivity index (χ3n) is 6.91. The molecular weight excluding hydrogens is 390 g/mol. The number of benzene rings is 1. The summed E-state index contributed by atoms with van der Waals surface area (Å²) < 4.78 is 8.41. The molecule has 2 aliphatic heterocycles. The molecule has 1 unspecified atom stereocenters. The first-order chi connectivity index (χ1) is 14.3. The Morgan fingerprint density at radius 3 is 2.87 bits per heavy atom. The largest absolute Gasteiger partial charge is 0.502 e. The number of aryl methyl sites for hydroxylation is 1. The number of carbonyl (C=O) groups is 1. The SMILES string of the molecule is CC[C@@]12CCC[n+]3cc(O)c4c5ccc([N+](=O)[O-])cc5n(c4c31)C(O)(C(=O)OC)C2. The second kappa shape index (κ2) is 5.91. The molecule has 4 heterocycles. The lowest BCUT2D eigenvalue weighted by molar-refractivity contribution is -0.714. The summed E-state index contributed by atoms with van der Waals surface area (Å²) in [5.41, 5.74) is -0.907. The fraction of sp³-hybridized carbons (Fsp3) is 0.429. The molecule has 2 aliphatic rings. The molecule has 9 heteroatoms. The fourth-order valence-corrected chi connectivity index (χ4v) is 5.63. The topological polar surface area (TPSA) is 119 Å². The van der Waals surface area contributed by atoms with E-state index in [0.717, 1.165) is 18.5 Å². The molecular formula is C21H22N3O6+. The van der Waals surface area contributed by atoms with Gasteiger partial charge in [-0.1, -0.05) is 6.92 Å². The highest BCUT2D eigenvalue weighted by Crippen LogP contribution is 2.53. The summed E-state index contributed by atoms with van der Waals surface area (Å²) in [5.74, 6) is -0.820. The van der Waals surface area contributed by atoms with Crippen molar-refractivity contribution in [3.63, 3.8) is 0 Å². The summed E-state index contributed by atoms with van der Waals surface area (Å²) >= 11 is 0. The number of ether oxygens (including phenoxy) is 1. The molecule has 2 aromatic heterocycles. The molecule has 5 rings (SSSR count). The molecule has 0 aliphatic carbocycles. The summed E-state index contributed by atoms with van der Waals surface area (Å²) in [6.07, 6.45) is 4.11. The monoisotopic (exact) mass is 412 g/mol. The van der Waals surface area contributed by atoms with Gasteiger partial charge in [-0.15, -0.1) is 0 Å². The maximum atomic E-state index is 12.9. The second-order valence-electron chi connectivity index (χ2n) is 8.30. The number of carbonyl (C=O) groups excluding carboxylic acids is 1. The van der Waals surface area contributed by atoms with Crippen molar-refractivity contribution < 1.29 is 29.2 Å². The van der Waals surface area contributed by atoms with Crippen molar-refractivity contribution in [3.05, 3.63) is 40.2 Å². The van der Waals surface area contributed by atoms with Crippen molar-refractivity contribution in [2.45, 2.75) is 50.3 Å². The third kappa shape index (κ3) is 2.10. The molecule has 3 aromatic rings. The van der Waals surface area contributed by atoms with Crippen molar-refractivity contribution in [2.24, 2.45) is 0 Å². The zero-order valence-corrected chi connectivity index (χ0v) is 16.7. The van der Waals surface area contributed by atoms with Crippen LogP contribution in [-0.2, 0) is 27.2 Å². The Kier molecular flexibility index (Phi) is 3.71. The molecule has 9 nitrogen and oxygen atoms in total. The number of aliphatic hydroxyl groups is 1. The Bertz CT molecular complexity index is 1270. The number of pyridine rings is 1. The molecule has 1 aromatic carbocycles. The lowest BCUT2D eigenvalue weighted by atomic mass is 9.67. The number of esters is 1. The van der Waals surface area contributed by atoms with Gasteiger partial charge in [0.15, 0.2) is 5.75 Å². The van der Waals surface area contributed by atoms with Gasteiger partial charge in [0.2, 0.25) is 17.6 Å². The van der Waals surface area contributed by atoms with Gasteiger partial charge in [0, 0.05) is 30.4 Å². The Morgan fingerprint density at radius 2 is 2.20 bits per heavy atom. The van der Waals surface area contributed by atoms with Crippen LogP contribution in [0.2, 0.25) is 0 Å². The number of rotatable bonds is 3. The Labute approximate surface area is 171 Å². The van der Waals surface area contributed by atoms with Gasteiger partial charge in [-0.25, -0.2) is 4.79 Å². The van der Waals surface area contributed by atoms with Crippen LogP contribution in [0, 0.1) is 10.1 Å². The van der Waals surface area contributed by atoms with E-state index in [1.165, 1.54) is 23.8 Å². The molecule has 0 amide bonds. The van der Waals surface area contributed by atoms with Gasteiger partial charge in [-0.2, -0.15) is 4.57 Å². The van der Waals surface area contributed by atoms with Gasteiger partial charge >= 0.3 is 5.97 Å². The maximum Gasteiger partial charge on any atom is 0.359 e. The highest BCUT2D eigenvalue weighted by molar-refractivity contribution is 6.13. The first-order valence-corrected chi connectivity index (χ1v) is 9.97. The minimum Gasteiger partial charge on any atom is -0.502 e. The summed E-state index contributed by atoms with van der Waals surface area (Å²) in [7, 11) is 1.21. The average Bonchev–Trinajstić information content (AvgIpc) is 3.08. The van der Waals surface area contributed by atoms with Crippen LogP contribution >= 0.6 is 0 Å². The molecule has 30 heavy (non-hydrogen) atoms. The molecule has 2 atom stereocenters. The number of methoxy groups -OCH3 is 1. The van der Waals surface area contributed by atoms with Crippen LogP contribution in [0.3, 0.4) is 0 Å². The van der Waals surface area contributed by atoms with Gasteiger partial charge in [-0.05, 0) is 18.9 Å². The van der Waals surface area contributed by atoms with Crippen LogP contribution in [0.4, 0.5) is 5.69 Å². The van der Waals surface area contributed by atoms with Crippen molar-refractivity contribution in [1.82, 2.24) is 4.57 Å². The number of nitro benzene ring substituents is 1. The normalized spacial score (nSPS) is 24.9. The quantitative estimate of drug-likeness (QED) is 0.295. The van der Waals surface area contributed by atoms with Gasteiger partial charge in [0.25, 0.3) is 5.69 Å². The van der Waals surface area contributed by atoms with Crippen LogP contribution in [0.5, 0.6) is 5.75 Å². The van der Waals surface area contributed by atoms with E-state index >= 15 is 0 Å². The molecule has 0 bridgehead atoms. The van der Waals surface area contributed by atoms with E-state index in [4.69, 9.17) is 4.74 Å². The van der Waals surface area contributed by atoms with Crippen molar-refractivity contribution >= 4 is 33.5 Å². The zero-order valence-electron chi connectivity index (χ0n) is 16.7. The Morgan fingerprint density at radius 1 is 1.43 bits per heavy atom. The smallest absolute Gasteiger partial charge is 0.359 e. The molecule has 0 spiro atoms. The summed E-state index contributed by atoms with van der Waals surface area (Å²) in [5, 5.41) is 35.1. The first kappa shape index (κ1) is 18.8. The Hall–Kier alpha value is -3.20. The van der Waals surface area contributed by atoms with Gasteiger partial charge in [0.05, 0.1) is 28.4 Å². The number of hydrogen-bond donors (Lipinski definition) is 2. The van der Waals surface area contributed by atoms with Crippen molar-refractivity contribution in [2.75, 3.05) is 7.11 Å². The average molecular weight is 412 g/mol. The lowest BCUT2D eigenvalue weighted by Gasteiger charge is -2.44. The maximum absolute atomic E-state index is 12.9. The summed E-state index contributed by atoms with van der Waals surface area (Å²) in [4.78, 5) is 23.8. The number of fused-ring (bicyclic) bond motifs is 3. The van der Waals surface area contributed by atoms with Crippen LogP contribution in [0.15, 0.2) is 24.4 Å². The van der Waals surface area contributed by atoms with E-state index in [0.29, 0.717) is 34.8 Å². The van der Waals surface area contributed by atoms with Crippen LogP contribution in [0.25, 0.3) is 21.8 Å². The van der Waals surface area contributed by atoms with Gasteiger partial charge in [-0.3, -0.25) is 14.7 Å². The highest BCUT2D eigenvalue weighted by atomic mass is 16.6. The van der Waals surface area contributed by atoms with Gasteiger partial charge < -0.3 is 14.9 Å². The molecule has 0 radical (unpaired) electrons. The number of hydrogen-bond acceptors (Lipinski definition) is 6. The standard InChI is InChI=1S/C21H21N3O6/c1-3-20-7-4-8-22-10-15(25)16-13-6-5-12(24(28)29)9-14(13)23(17(16)18(20)22)21(27,11-20)19(26)30-2/h5-6,9-10,27H,3-4,7-8,11H2,1-2H3/p+1/t20-,21?/m0/s1. The van der Waals surface area contributed by atoms with E-state index in [9.17, 15) is 25.1 Å². The number of aromatic hydroxyl groups is 1. The first-order valence-electron chi connectivity index (χ1n) is 9.97. The minimum absolute atomic E-state index is 0.00683. The van der Waals surface area contributed by atoms with Crippen LogP contribution in [-0.4, -0.2) is 32.8 Å². The second-order valence-corrected chi connectivity index (χ2v) is 8.30. The molecule has 0 saturated carbocycles. The molecule has 0 fully saturated rings. The van der Waals surface area contributed by atoms with E-state index in [-0.39, 0.29) is 17.9 Å². The Balaban J connectivity index is 2.06. The lowest BCUT2D eigenvalue weighted by Crippen LogP contribution is -2.58. The fourth-order valence-electron chi connectivity index (χ4n) is 5.63. The van der Waals surface area contributed by atoms with Gasteiger partial charge in [0.1, 0.15) is 12.1 Å². The zero-order chi connectivity index (χ0) is 21.4. The predicted octanol–water partition coefficient (Wildman–Crippen LogP) is 2.36. The summed E-state index contributed by atoms with van der Waals surface area (Å²) in [6.45, 7) is 2.73. The molecule has 2 N–H and O–H groups in total. The van der Waals surface area contributed by atoms with E-state index < -0.39 is 22.0 Å². The van der Waals surface area contributed by atoms with Crippen molar-refractivity contribution in [3.8, 4) is 5.75 Å².